The van der Waals surface area contributed by atoms with Gasteiger partial charge in [0.05, 0.1) is 6.10 Å². The van der Waals surface area contributed by atoms with Crippen molar-refractivity contribution in [2.75, 3.05) is 19.8 Å². The lowest BCUT2D eigenvalue weighted by Crippen LogP contribution is -2.18. The highest BCUT2D eigenvalue weighted by atomic mass is 16.5. The van der Waals surface area contributed by atoms with Gasteiger partial charge in [-0.15, -0.1) is 0 Å². The highest BCUT2D eigenvalue weighted by Crippen LogP contribution is 2.18. The Labute approximate surface area is 123 Å². The monoisotopic (exact) mass is 279 g/mol. The van der Waals surface area contributed by atoms with Crippen molar-refractivity contribution in [2.45, 2.75) is 46.8 Å². The SMILES string of the molecule is CC(C)COCCCNCc1ccccc1OC(C)C. The number of rotatable bonds is 10. The Morgan fingerprint density at radius 1 is 1.10 bits per heavy atom. The van der Waals surface area contributed by atoms with Gasteiger partial charge in [0.15, 0.2) is 0 Å². The summed E-state index contributed by atoms with van der Waals surface area (Å²) in [7, 11) is 0. The van der Waals surface area contributed by atoms with Crippen LogP contribution in [0, 0.1) is 5.92 Å². The van der Waals surface area contributed by atoms with Gasteiger partial charge in [-0.05, 0) is 38.8 Å². The Kier molecular flexibility index (Phi) is 8.31. The first-order chi connectivity index (χ1) is 9.59. The number of hydrogen-bond acceptors (Lipinski definition) is 3. The van der Waals surface area contributed by atoms with Gasteiger partial charge in [0, 0.05) is 25.3 Å². The van der Waals surface area contributed by atoms with Crippen molar-refractivity contribution < 1.29 is 9.47 Å². The van der Waals surface area contributed by atoms with Crippen LogP contribution in [0.15, 0.2) is 24.3 Å². The van der Waals surface area contributed by atoms with E-state index < -0.39 is 0 Å². The molecule has 0 amide bonds. The lowest BCUT2D eigenvalue weighted by molar-refractivity contribution is 0.108. The van der Waals surface area contributed by atoms with Gasteiger partial charge >= 0.3 is 0 Å². The molecule has 20 heavy (non-hydrogen) atoms. The van der Waals surface area contributed by atoms with Gasteiger partial charge in [0.1, 0.15) is 5.75 Å². The molecule has 0 aliphatic rings. The summed E-state index contributed by atoms with van der Waals surface area (Å²) < 4.78 is 11.4. The van der Waals surface area contributed by atoms with E-state index in [9.17, 15) is 0 Å². The van der Waals surface area contributed by atoms with Crippen LogP contribution >= 0.6 is 0 Å². The molecule has 0 aliphatic heterocycles. The summed E-state index contributed by atoms with van der Waals surface area (Å²) in [5.74, 6) is 1.59. The average molecular weight is 279 g/mol. The fourth-order valence-electron chi connectivity index (χ4n) is 1.86. The van der Waals surface area contributed by atoms with Crippen LogP contribution in [0.1, 0.15) is 39.7 Å². The minimum absolute atomic E-state index is 0.209. The molecule has 1 N–H and O–H groups in total. The van der Waals surface area contributed by atoms with Crippen LogP contribution in [-0.4, -0.2) is 25.9 Å². The standard InChI is InChI=1S/C17H29NO2/c1-14(2)13-19-11-7-10-18-12-16-8-5-6-9-17(16)20-15(3)4/h5-6,8-9,14-15,18H,7,10-13H2,1-4H3. The molecule has 0 spiro atoms. The van der Waals surface area contributed by atoms with Crippen LogP contribution in [0.5, 0.6) is 5.75 Å². The van der Waals surface area contributed by atoms with Crippen molar-refractivity contribution in [3.8, 4) is 5.75 Å². The van der Waals surface area contributed by atoms with Crippen LogP contribution < -0.4 is 10.1 Å². The molecule has 1 rings (SSSR count). The number of para-hydroxylation sites is 1. The molecule has 0 fully saturated rings. The predicted molar refractivity (Wildman–Crippen MR) is 84.2 cm³/mol. The molecule has 1 aromatic carbocycles. The summed E-state index contributed by atoms with van der Waals surface area (Å²) in [5, 5.41) is 3.44. The number of nitrogens with one attached hydrogen (secondary N) is 1. The molecular weight excluding hydrogens is 250 g/mol. The Morgan fingerprint density at radius 2 is 1.85 bits per heavy atom. The van der Waals surface area contributed by atoms with E-state index in [4.69, 9.17) is 9.47 Å². The maximum Gasteiger partial charge on any atom is 0.124 e. The van der Waals surface area contributed by atoms with E-state index in [1.165, 1.54) is 5.56 Å². The number of ether oxygens (including phenoxy) is 2. The Morgan fingerprint density at radius 3 is 2.55 bits per heavy atom. The van der Waals surface area contributed by atoms with Gasteiger partial charge < -0.3 is 14.8 Å². The van der Waals surface area contributed by atoms with Crippen LogP contribution in [-0.2, 0) is 11.3 Å². The molecule has 1 aromatic rings. The topological polar surface area (TPSA) is 30.5 Å². The second kappa shape index (κ2) is 9.78. The summed E-state index contributed by atoms with van der Waals surface area (Å²) >= 11 is 0. The van der Waals surface area contributed by atoms with Gasteiger partial charge in [-0.2, -0.15) is 0 Å². The van der Waals surface area contributed by atoms with Crippen molar-refractivity contribution in [1.29, 1.82) is 0 Å². The number of benzene rings is 1. The van der Waals surface area contributed by atoms with E-state index in [1.807, 2.05) is 12.1 Å². The molecule has 0 aliphatic carbocycles. The third kappa shape index (κ3) is 7.51. The van der Waals surface area contributed by atoms with Crippen LogP contribution in [0.4, 0.5) is 0 Å². The first-order valence-electron chi connectivity index (χ1n) is 7.62. The van der Waals surface area contributed by atoms with Gasteiger partial charge in [0.2, 0.25) is 0 Å². The Balaban J connectivity index is 2.21. The van der Waals surface area contributed by atoms with Crippen LogP contribution in [0.2, 0.25) is 0 Å². The van der Waals surface area contributed by atoms with E-state index in [0.29, 0.717) is 5.92 Å². The highest BCUT2D eigenvalue weighted by Gasteiger charge is 2.04. The zero-order chi connectivity index (χ0) is 14.8. The lowest BCUT2D eigenvalue weighted by atomic mass is 10.2. The predicted octanol–water partition coefficient (Wildman–Crippen LogP) is 3.63. The Bertz CT molecular complexity index is 364. The summed E-state index contributed by atoms with van der Waals surface area (Å²) in [6.45, 7) is 11.9. The van der Waals surface area contributed by atoms with Crippen molar-refractivity contribution in [1.82, 2.24) is 5.32 Å². The molecule has 0 unspecified atom stereocenters. The third-order valence-electron chi connectivity index (χ3n) is 2.74. The highest BCUT2D eigenvalue weighted by molar-refractivity contribution is 5.33. The minimum atomic E-state index is 0.209. The van der Waals surface area contributed by atoms with Gasteiger partial charge in [-0.1, -0.05) is 32.0 Å². The molecular formula is C17H29NO2. The van der Waals surface area contributed by atoms with Crippen molar-refractivity contribution >= 4 is 0 Å². The first kappa shape index (κ1) is 17.0. The molecule has 114 valence electrons. The largest absolute Gasteiger partial charge is 0.491 e. The fraction of sp³-hybridized carbons (Fsp3) is 0.647. The maximum absolute atomic E-state index is 5.80. The zero-order valence-corrected chi connectivity index (χ0v) is 13.3. The zero-order valence-electron chi connectivity index (χ0n) is 13.3. The van der Waals surface area contributed by atoms with E-state index in [2.05, 4.69) is 45.1 Å². The van der Waals surface area contributed by atoms with Gasteiger partial charge in [-0.3, -0.25) is 0 Å². The van der Waals surface area contributed by atoms with Crippen LogP contribution in [0.3, 0.4) is 0 Å². The minimum Gasteiger partial charge on any atom is -0.491 e. The van der Waals surface area contributed by atoms with Crippen molar-refractivity contribution in [2.24, 2.45) is 5.92 Å². The lowest BCUT2D eigenvalue weighted by Gasteiger charge is -2.14. The van der Waals surface area contributed by atoms with E-state index in [1.54, 1.807) is 0 Å². The maximum atomic E-state index is 5.80. The summed E-state index contributed by atoms with van der Waals surface area (Å²) in [6, 6.07) is 8.21. The average Bonchev–Trinajstić information content (AvgIpc) is 2.38. The molecule has 0 aromatic heterocycles. The van der Waals surface area contributed by atoms with Crippen LogP contribution in [0.25, 0.3) is 0 Å². The quantitative estimate of drug-likeness (QED) is 0.663. The van der Waals surface area contributed by atoms with E-state index in [-0.39, 0.29) is 6.10 Å². The molecule has 0 bridgehead atoms. The molecule has 0 saturated carbocycles. The molecule has 0 heterocycles. The van der Waals surface area contributed by atoms with Gasteiger partial charge in [0.25, 0.3) is 0 Å². The molecule has 3 nitrogen and oxygen atoms in total. The molecule has 0 saturated heterocycles. The Hall–Kier alpha value is -1.06. The van der Waals surface area contributed by atoms with Crippen molar-refractivity contribution in [3.63, 3.8) is 0 Å². The summed E-state index contributed by atoms with van der Waals surface area (Å²) in [5.41, 5.74) is 1.21. The number of hydrogen-bond donors (Lipinski definition) is 1. The van der Waals surface area contributed by atoms with Crippen molar-refractivity contribution in [3.05, 3.63) is 29.8 Å². The van der Waals surface area contributed by atoms with Gasteiger partial charge in [-0.25, -0.2) is 0 Å². The molecule has 0 atom stereocenters. The third-order valence-corrected chi connectivity index (χ3v) is 2.74. The van der Waals surface area contributed by atoms with E-state index in [0.717, 1.165) is 38.5 Å². The second-order valence-corrected chi connectivity index (χ2v) is 5.77. The second-order valence-electron chi connectivity index (χ2n) is 5.77. The molecule has 3 heteroatoms. The molecule has 0 radical (unpaired) electrons. The first-order valence-corrected chi connectivity index (χ1v) is 7.62. The van der Waals surface area contributed by atoms with E-state index >= 15 is 0 Å². The summed E-state index contributed by atoms with van der Waals surface area (Å²) in [4.78, 5) is 0. The fourth-order valence-corrected chi connectivity index (χ4v) is 1.86. The smallest absolute Gasteiger partial charge is 0.124 e. The normalized spacial score (nSPS) is 11.3. The summed E-state index contributed by atoms with van der Waals surface area (Å²) in [6.07, 6.45) is 1.25.